The molecule has 0 aliphatic rings. The Kier molecular flexibility index (Phi) is 3.20. The molecular formula is C14H18N2. The van der Waals surface area contributed by atoms with E-state index in [0.717, 1.165) is 12.1 Å². The Bertz CT molecular complexity index is 472. The number of hydrogen-bond donors (Lipinski definition) is 1. The monoisotopic (exact) mass is 214 g/mol. The Hall–Kier alpha value is -1.41. The number of benzene rings is 1. The van der Waals surface area contributed by atoms with Gasteiger partial charge >= 0.3 is 0 Å². The molecule has 0 bridgehead atoms. The molecule has 84 valence electrons. The molecule has 2 aromatic rings. The summed E-state index contributed by atoms with van der Waals surface area (Å²) in [5.74, 6) is 0.487. The van der Waals surface area contributed by atoms with E-state index in [2.05, 4.69) is 43.1 Å². The van der Waals surface area contributed by atoms with Gasteiger partial charge in [0.15, 0.2) is 0 Å². The van der Waals surface area contributed by atoms with Gasteiger partial charge in [0, 0.05) is 29.7 Å². The maximum absolute atomic E-state index is 6.10. The third-order valence-electron chi connectivity index (χ3n) is 3.04. The van der Waals surface area contributed by atoms with Crippen molar-refractivity contribution in [1.82, 2.24) is 4.98 Å². The standard InChI is InChI=1S/C14H18N2/c1-10(2)13(15)9-14-12-6-4-3-5-11(12)7-8-16-14/h3-8,10,13H,9,15H2,1-2H3. The fourth-order valence-electron chi connectivity index (χ4n) is 1.80. The van der Waals surface area contributed by atoms with Crippen LogP contribution in [-0.2, 0) is 6.42 Å². The van der Waals surface area contributed by atoms with Crippen LogP contribution in [0.1, 0.15) is 19.5 Å². The first kappa shape index (κ1) is 11.1. The van der Waals surface area contributed by atoms with E-state index in [1.165, 1.54) is 10.8 Å². The number of fused-ring (bicyclic) bond motifs is 1. The quantitative estimate of drug-likeness (QED) is 0.853. The average molecular weight is 214 g/mol. The van der Waals surface area contributed by atoms with Crippen molar-refractivity contribution in [2.75, 3.05) is 0 Å². The van der Waals surface area contributed by atoms with Gasteiger partial charge in [-0.1, -0.05) is 38.1 Å². The molecule has 1 atom stereocenters. The molecule has 0 radical (unpaired) electrons. The molecule has 2 N–H and O–H groups in total. The number of pyridine rings is 1. The average Bonchev–Trinajstić information content (AvgIpc) is 2.29. The highest BCUT2D eigenvalue weighted by atomic mass is 14.7. The Morgan fingerprint density at radius 1 is 1.19 bits per heavy atom. The predicted octanol–water partition coefficient (Wildman–Crippen LogP) is 2.76. The first-order valence-electron chi connectivity index (χ1n) is 5.76. The van der Waals surface area contributed by atoms with Crippen LogP contribution >= 0.6 is 0 Å². The van der Waals surface area contributed by atoms with Crippen molar-refractivity contribution in [3.8, 4) is 0 Å². The Morgan fingerprint density at radius 2 is 1.94 bits per heavy atom. The molecule has 0 aliphatic heterocycles. The minimum atomic E-state index is 0.179. The van der Waals surface area contributed by atoms with E-state index >= 15 is 0 Å². The van der Waals surface area contributed by atoms with Gasteiger partial charge in [-0.05, 0) is 17.4 Å². The lowest BCUT2D eigenvalue weighted by molar-refractivity contribution is 0.488. The zero-order chi connectivity index (χ0) is 11.5. The summed E-state index contributed by atoms with van der Waals surface area (Å²) >= 11 is 0. The van der Waals surface area contributed by atoms with Crippen molar-refractivity contribution in [2.45, 2.75) is 26.3 Å². The second-order valence-electron chi connectivity index (χ2n) is 4.59. The summed E-state index contributed by atoms with van der Waals surface area (Å²) in [5, 5.41) is 2.46. The van der Waals surface area contributed by atoms with E-state index in [-0.39, 0.29) is 6.04 Å². The molecule has 0 fully saturated rings. The van der Waals surface area contributed by atoms with Crippen LogP contribution in [0.5, 0.6) is 0 Å². The van der Waals surface area contributed by atoms with Gasteiger partial charge in [0.05, 0.1) is 0 Å². The van der Waals surface area contributed by atoms with E-state index in [1.54, 1.807) is 0 Å². The van der Waals surface area contributed by atoms with Crippen LogP contribution in [0.15, 0.2) is 36.5 Å². The summed E-state index contributed by atoms with van der Waals surface area (Å²) in [6.45, 7) is 4.30. The van der Waals surface area contributed by atoms with E-state index in [4.69, 9.17) is 5.73 Å². The van der Waals surface area contributed by atoms with Gasteiger partial charge in [-0.2, -0.15) is 0 Å². The lowest BCUT2D eigenvalue weighted by Gasteiger charge is -2.15. The van der Waals surface area contributed by atoms with Crippen LogP contribution in [-0.4, -0.2) is 11.0 Å². The number of nitrogens with two attached hydrogens (primary N) is 1. The zero-order valence-corrected chi connectivity index (χ0v) is 9.85. The highest BCUT2D eigenvalue weighted by molar-refractivity contribution is 5.84. The van der Waals surface area contributed by atoms with E-state index in [1.807, 2.05) is 12.3 Å². The van der Waals surface area contributed by atoms with Crippen LogP contribution in [0.25, 0.3) is 10.8 Å². The van der Waals surface area contributed by atoms with E-state index in [9.17, 15) is 0 Å². The first-order valence-corrected chi connectivity index (χ1v) is 5.76. The minimum absolute atomic E-state index is 0.179. The summed E-state index contributed by atoms with van der Waals surface area (Å²) in [4.78, 5) is 4.45. The number of rotatable bonds is 3. The first-order chi connectivity index (χ1) is 7.68. The summed E-state index contributed by atoms with van der Waals surface area (Å²) < 4.78 is 0. The topological polar surface area (TPSA) is 38.9 Å². The predicted molar refractivity (Wildman–Crippen MR) is 68.3 cm³/mol. The number of hydrogen-bond acceptors (Lipinski definition) is 2. The second-order valence-corrected chi connectivity index (χ2v) is 4.59. The van der Waals surface area contributed by atoms with Crippen LogP contribution in [0, 0.1) is 5.92 Å². The van der Waals surface area contributed by atoms with Crippen LogP contribution in [0.3, 0.4) is 0 Å². The van der Waals surface area contributed by atoms with Gasteiger partial charge in [0.2, 0.25) is 0 Å². The van der Waals surface area contributed by atoms with Gasteiger partial charge in [0.1, 0.15) is 0 Å². The summed E-state index contributed by atoms with van der Waals surface area (Å²) in [6, 6.07) is 10.5. The Labute approximate surface area is 96.5 Å². The van der Waals surface area contributed by atoms with Crippen LogP contribution < -0.4 is 5.73 Å². The van der Waals surface area contributed by atoms with Crippen molar-refractivity contribution < 1.29 is 0 Å². The highest BCUT2D eigenvalue weighted by Gasteiger charge is 2.11. The lowest BCUT2D eigenvalue weighted by atomic mass is 9.97. The summed E-state index contributed by atoms with van der Waals surface area (Å²) in [5.41, 5.74) is 7.21. The van der Waals surface area contributed by atoms with Crippen molar-refractivity contribution in [2.24, 2.45) is 11.7 Å². The summed E-state index contributed by atoms with van der Waals surface area (Å²) in [6.07, 6.45) is 2.71. The zero-order valence-electron chi connectivity index (χ0n) is 9.85. The van der Waals surface area contributed by atoms with Gasteiger partial charge in [-0.25, -0.2) is 0 Å². The molecule has 1 unspecified atom stereocenters. The molecule has 2 nitrogen and oxygen atoms in total. The molecule has 16 heavy (non-hydrogen) atoms. The fraction of sp³-hybridized carbons (Fsp3) is 0.357. The molecule has 2 heteroatoms. The van der Waals surface area contributed by atoms with E-state index in [0.29, 0.717) is 5.92 Å². The SMILES string of the molecule is CC(C)C(N)Cc1nccc2ccccc12. The molecule has 0 spiro atoms. The van der Waals surface area contributed by atoms with Crippen molar-refractivity contribution in [1.29, 1.82) is 0 Å². The molecular weight excluding hydrogens is 196 g/mol. The number of nitrogens with zero attached hydrogens (tertiary/aromatic N) is 1. The molecule has 1 aromatic heterocycles. The molecule has 1 heterocycles. The fourth-order valence-corrected chi connectivity index (χ4v) is 1.80. The van der Waals surface area contributed by atoms with Crippen LogP contribution in [0.2, 0.25) is 0 Å². The molecule has 0 amide bonds. The van der Waals surface area contributed by atoms with Gasteiger partial charge in [0.25, 0.3) is 0 Å². The molecule has 0 aliphatic carbocycles. The smallest absolute Gasteiger partial charge is 0.0497 e. The van der Waals surface area contributed by atoms with Crippen molar-refractivity contribution in [3.63, 3.8) is 0 Å². The van der Waals surface area contributed by atoms with Crippen molar-refractivity contribution in [3.05, 3.63) is 42.2 Å². The lowest BCUT2D eigenvalue weighted by Crippen LogP contribution is -2.29. The molecule has 0 saturated carbocycles. The highest BCUT2D eigenvalue weighted by Crippen LogP contribution is 2.18. The second kappa shape index (κ2) is 4.62. The maximum atomic E-state index is 6.10. The number of aromatic nitrogens is 1. The third kappa shape index (κ3) is 2.22. The van der Waals surface area contributed by atoms with Gasteiger partial charge < -0.3 is 5.73 Å². The Morgan fingerprint density at radius 3 is 2.69 bits per heavy atom. The largest absolute Gasteiger partial charge is 0.327 e. The van der Waals surface area contributed by atoms with Gasteiger partial charge in [-0.3, -0.25) is 4.98 Å². The molecule has 2 rings (SSSR count). The molecule has 0 saturated heterocycles. The van der Waals surface area contributed by atoms with Crippen molar-refractivity contribution >= 4 is 10.8 Å². The van der Waals surface area contributed by atoms with Crippen LogP contribution in [0.4, 0.5) is 0 Å². The molecule has 1 aromatic carbocycles. The van der Waals surface area contributed by atoms with Gasteiger partial charge in [-0.15, -0.1) is 0 Å². The summed E-state index contributed by atoms with van der Waals surface area (Å²) in [7, 11) is 0. The van der Waals surface area contributed by atoms with E-state index < -0.39 is 0 Å². The normalized spacial score (nSPS) is 13.2. The minimum Gasteiger partial charge on any atom is -0.327 e. The maximum Gasteiger partial charge on any atom is 0.0497 e. The Balaban J connectivity index is 2.37. The third-order valence-corrected chi connectivity index (χ3v) is 3.04.